The van der Waals surface area contributed by atoms with E-state index in [0.717, 1.165) is 23.3 Å². The molecule has 0 aliphatic rings. The maximum Gasteiger partial charge on any atom is 0.573 e. The van der Waals surface area contributed by atoms with E-state index in [1.807, 2.05) is 32.9 Å². The Hall–Kier alpha value is -2.70. The molecule has 0 aliphatic carbocycles. The summed E-state index contributed by atoms with van der Waals surface area (Å²) in [4.78, 5) is 12.4. The second kappa shape index (κ2) is 8.12. The van der Waals surface area contributed by atoms with Gasteiger partial charge >= 0.3 is 6.36 Å². The van der Waals surface area contributed by atoms with Crippen molar-refractivity contribution in [2.45, 2.75) is 39.7 Å². The summed E-state index contributed by atoms with van der Waals surface area (Å²) in [6.07, 6.45) is -5.03. The number of hydrogen-bond donors (Lipinski definition) is 1. The summed E-state index contributed by atoms with van der Waals surface area (Å²) < 4.78 is 46.1. The number of carbonyl (C=O) groups excluding carboxylic acids is 1. The highest BCUT2D eigenvalue weighted by atomic mass is 19.4. The largest absolute Gasteiger partial charge is 0.573 e. The van der Waals surface area contributed by atoms with Gasteiger partial charge in [0, 0.05) is 5.69 Å². The molecule has 26 heavy (non-hydrogen) atoms. The van der Waals surface area contributed by atoms with E-state index in [-0.39, 0.29) is 11.7 Å². The molecule has 0 heterocycles. The highest BCUT2D eigenvalue weighted by Gasteiger charge is 2.31. The van der Waals surface area contributed by atoms with E-state index in [1.165, 1.54) is 12.1 Å². The van der Waals surface area contributed by atoms with Crippen molar-refractivity contribution in [3.05, 3.63) is 53.6 Å². The van der Waals surface area contributed by atoms with Crippen LogP contribution in [0.15, 0.2) is 42.5 Å². The first kappa shape index (κ1) is 19.6. The summed E-state index contributed by atoms with van der Waals surface area (Å²) in [6.45, 7) is 5.68. The van der Waals surface area contributed by atoms with Crippen LogP contribution >= 0.6 is 0 Å². The van der Waals surface area contributed by atoms with Crippen LogP contribution in [0.3, 0.4) is 0 Å². The fourth-order valence-corrected chi connectivity index (χ4v) is 2.29. The average molecular weight is 367 g/mol. The van der Waals surface area contributed by atoms with Gasteiger partial charge < -0.3 is 14.8 Å². The molecule has 2 rings (SSSR count). The highest BCUT2D eigenvalue weighted by molar-refractivity contribution is 5.94. The molecule has 0 aromatic heterocycles. The van der Waals surface area contributed by atoms with Gasteiger partial charge in [-0.2, -0.15) is 0 Å². The van der Waals surface area contributed by atoms with Gasteiger partial charge in [0.05, 0.1) is 0 Å². The molecule has 0 fully saturated rings. The molecule has 0 bridgehead atoms. The number of benzene rings is 2. The zero-order chi connectivity index (χ0) is 19.3. The van der Waals surface area contributed by atoms with Crippen LogP contribution in [0.5, 0.6) is 11.5 Å². The van der Waals surface area contributed by atoms with E-state index >= 15 is 0 Å². The quantitative estimate of drug-likeness (QED) is 0.782. The van der Waals surface area contributed by atoms with Gasteiger partial charge in [0.2, 0.25) is 0 Å². The standard InChI is InChI=1S/C19H20F3NO3/c1-4-16(25-17-7-5-6-12(2)13(17)3)18(24)23-14-8-10-15(11-9-14)26-19(20,21)22/h5-11,16H,4H2,1-3H3,(H,23,24). The Balaban J connectivity index is 2.03. The SMILES string of the molecule is CCC(Oc1cccc(C)c1C)C(=O)Nc1ccc(OC(F)(F)F)cc1. The number of nitrogens with one attached hydrogen (secondary N) is 1. The lowest BCUT2D eigenvalue weighted by Gasteiger charge is -2.19. The van der Waals surface area contributed by atoms with Crippen molar-refractivity contribution in [3.63, 3.8) is 0 Å². The maximum absolute atomic E-state index is 12.4. The molecule has 1 unspecified atom stereocenters. The van der Waals surface area contributed by atoms with E-state index in [0.29, 0.717) is 17.9 Å². The second-order valence-electron chi connectivity index (χ2n) is 5.77. The van der Waals surface area contributed by atoms with Crippen LogP contribution in [0.4, 0.5) is 18.9 Å². The van der Waals surface area contributed by atoms with E-state index < -0.39 is 12.5 Å². The van der Waals surface area contributed by atoms with Crippen LogP contribution in [0, 0.1) is 13.8 Å². The molecule has 1 atom stereocenters. The van der Waals surface area contributed by atoms with E-state index in [1.54, 1.807) is 6.07 Å². The number of halogens is 3. The maximum atomic E-state index is 12.4. The van der Waals surface area contributed by atoms with Gasteiger partial charge in [0.25, 0.3) is 5.91 Å². The number of anilines is 1. The van der Waals surface area contributed by atoms with Gasteiger partial charge in [0.1, 0.15) is 11.5 Å². The van der Waals surface area contributed by atoms with Gasteiger partial charge in [-0.15, -0.1) is 13.2 Å². The fourth-order valence-electron chi connectivity index (χ4n) is 2.29. The summed E-state index contributed by atoms with van der Waals surface area (Å²) in [5.74, 6) is -0.104. The Bertz CT molecular complexity index is 758. The van der Waals surface area contributed by atoms with Crippen molar-refractivity contribution in [1.29, 1.82) is 0 Å². The normalized spacial score (nSPS) is 12.4. The molecule has 0 spiro atoms. The minimum atomic E-state index is -4.75. The van der Waals surface area contributed by atoms with E-state index in [4.69, 9.17) is 4.74 Å². The Kier molecular flexibility index (Phi) is 6.13. The zero-order valence-corrected chi connectivity index (χ0v) is 14.7. The number of alkyl halides is 3. The third-order valence-electron chi connectivity index (χ3n) is 3.84. The molecular weight excluding hydrogens is 347 g/mol. The van der Waals surface area contributed by atoms with Crippen molar-refractivity contribution < 1.29 is 27.4 Å². The van der Waals surface area contributed by atoms with Crippen LogP contribution in [0.1, 0.15) is 24.5 Å². The van der Waals surface area contributed by atoms with Gasteiger partial charge in [-0.05, 0) is 61.7 Å². The van der Waals surface area contributed by atoms with Crippen molar-refractivity contribution >= 4 is 11.6 Å². The lowest BCUT2D eigenvalue weighted by Crippen LogP contribution is -2.32. The molecule has 0 saturated carbocycles. The summed E-state index contributed by atoms with van der Waals surface area (Å²) in [5, 5.41) is 2.64. The number of ether oxygens (including phenoxy) is 2. The fraction of sp³-hybridized carbons (Fsp3) is 0.316. The topological polar surface area (TPSA) is 47.6 Å². The van der Waals surface area contributed by atoms with Crippen LogP contribution in [0.25, 0.3) is 0 Å². The van der Waals surface area contributed by atoms with Crippen LogP contribution in [0.2, 0.25) is 0 Å². The van der Waals surface area contributed by atoms with Crippen molar-refractivity contribution in [3.8, 4) is 11.5 Å². The lowest BCUT2D eigenvalue weighted by atomic mass is 10.1. The number of hydrogen-bond acceptors (Lipinski definition) is 3. The third kappa shape index (κ3) is 5.40. The summed E-state index contributed by atoms with van der Waals surface area (Å²) in [7, 11) is 0. The summed E-state index contributed by atoms with van der Waals surface area (Å²) >= 11 is 0. The minimum Gasteiger partial charge on any atom is -0.480 e. The smallest absolute Gasteiger partial charge is 0.480 e. The Morgan fingerprint density at radius 2 is 1.77 bits per heavy atom. The Morgan fingerprint density at radius 3 is 2.35 bits per heavy atom. The molecule has 4 nitrogen and oxygen atoms in total. The first-order chi connectivity index (χ1) is 12.2. The van der Waals surface area contributed by atoms with Crippen LogP contribution in [-0.2, 0) is 4.79 Å². The second-order valence-corrected chi connectivity index (χ2v) is 5.77. The minimum absolute atomic E-state index is 0.353. The number of rotatable bonds is 6. The van der Waals surface area contributed by atoms with Gasteiger partial charge in [-0.25, -0.2) is 0 Å². The third-order valence-corrected chi connectivity index (χ3v) is 3.84. The number of amides is 1. The Morgan fingerprint density at radius 1 is 1.12 bits per heavy atom. The molecule has 140 valence electrons. The molecule has 7 heteroatoms. The molecule has 1 N–H and O–H groups in total. The molecule has 2 aromatic rings. The average Bonchev–Trinajstić information content (AvgIpc) is 2.56. The van der Waals surface area contributed by atoms with Gasteiger partial charge in [-0.3, -0.25) is 4.79 Å². The highest BCUT2D eigenvalue weighted by Crippen LogP contribution is 2.25. The Labute approximate surface area is 149 Å². The first-order valence-electron chi connectivity index (χ1n) is 8.09. The molecule has 0 aliphatic heterocycles. The predicted octanol–water partition coefficient (Wildman–Crippen LogP) is 5.00. The molecule has 0 saturated heterocycles. The monoisotopic (exact) mass is 367 g/mol. The summed E-state index contributed by atoms with van der Waals surface area (Å²) in [5.41, 5.74) is 2.36. The van der Waals surface area contributed by atoms with E-state index in [9.17, 15) is 18.0 Å². The van der Waals surface area contributed by atoms with Crippen molar-refractivity contribution in [2.24, 2.45) is 0 Å². The predicted molar refractivity (Wildman–Crippen MR) is 92.4 cm³/mol. The molecule has 2 aromatic carbocycles. The molecule has 0 radical (unpaired) electrons. The van der Waals surface area contributed by atoms with Crippen LogP contribution < -0.4 is 14.8 Å². The molecular formula is C19H20F3NO3. The first-order valence-corrected chi connectivity index (χ1v) is 8.09. The van der Waals surface area contributed by atoms with E-state index in [2.05, 4.69) is 10.1 Å². The summed E-state index contributed by atoms with van der Waals surface area (Å²) in [6, 6.07) is 10.5. The number of aryl methyl sites for hydroxylation is 1. The lowest BCUT2D eigenvalue weighted by molar-refractivity contribution is -0.274. The van der Waals surface area contributed by atoms with Crippen molar-refractivity contribution in [1.82, 2.24) is 0 Å². The zero-order valence-electron chi connectivity index (χ0n) is 14.7. The van der Waals surface area contributed by atoms with Gasteiger partial charge in [0.15, 0.2) is 6.10 Å². The van der Waals surface area contributed by atoms with Crippen molar-refractivity contribution in [2.75, 3.05) is 5.32 Å². The molecule has 1 amide bonds. The van der Waals surface area contributed by atoms with Crippen LogP contribution in [-0.4, -0.2) is 18.4 Å². The number of carbonyl (C=O) groups is 1. The van der Waals surface area contributed by atoms with Gasteiger partial charge in [-0.1, -0.05) is 19.1 Å².